The predicted octanol–water partition coefficient (Wildman–Crippen LogP) is 1.14. The molecule has 1 aromatic carbocycles. The Kier molecular flexibility index (Phi) is 4.92. The van der Waals surface area contributed by atoms with E-state index in [4.69, 9.17) is 0 Å². The molecule has 7 nitrogen and oxygen atoms in total. The smallest absolute Gasteiger partial charge is 0.319 e. The maximum atomic E-state index is 12.4. The molecule has 2 amide bonds. The molecule has 2 fully saturated rings. The van der Waals surface area contributed by atoms with Crippen LogP contribution in [0.1, 0.15) is 13.3 Å². The summed E-state index contributed by atoms with van der Waals surface area (Å²) in [5.41, 5.74) is 1.04. The SMILES string of the molecule is CN1CCN(c2ccccc2NC(=O)N[C@@]2(C)CCS(=O)(=O)C2)CC1. The molecule has 25 heavy (non-hydrogen) atoms. The van der Waals surface area contributed by atoms with Gasteiger partial charge in [-0.25, -0.2) is 13.2 Å². The first-order chi connectivity index (χ1) is 11.8. The van der Waals surface area contributed by atoms with E-state index in [1.54, 1.807) is 6.92 Å². The van der Waals surface area contributed by atoms with Gasteiger partial charge in [-0.2, -0.15) is 0 Å². The molecule has 8 heteroatoms. The van der Waals surface area contributed by atoms with Gasteiger partial charge < -0.3 is 20.4 Å². The molecule has 0 saturated carbocycles. The van der Waals surface area contributed by atoms with Crippen molar-refractivity contribution in [3.8, 4) is 0 Å². The molecule has 2 N–H and O–H groups in total. The Morgan fingerprint density at radius 1 is 1.16 bits per heavy atom. The summed E-state index contributed by atoms with van der Waals surface area (Å²) in [5.74, 6) is 0.120. The van der Waals surface area contributed by atoms with E-state index in [0.717, 1.165) is 37.6 Å². The van der Waals surface area contributed by atoms with Gasteiger partial charge in [0.2, 0.25) is 0 Å². The van der Waals surface area contributed by atoms with Gasteiger partial charge >= 0.3 is 6.03 Å². The maximum absolute atomic E-state index is 12.4. The molecule has 2 aliphatic heterocycles. The largest absolute Gasteiger partial charge is 0.367 e. The Labute approximate surface area is 149 Å². The fraction of sp³-hybridized carbons (Fsp3) is 0.588. The molecule has 0 unspecified atom stereocenters. The maximum Gasteiger partial charge on any atom is 0.319 e. The van der Waals surface area contributed by atoms with Gasteiger partial charge in [0.05, 0.1) is 28.4 Å². The highest BCUT2D eigenvalue weighted by Gasteiger charge is 2.39. The van der Waals surface area contributed by atoms with Crippen LogP contribution in [0.3, 0.4) is 0 Å². The minimum atomic E-state index is -3.06. The molecular weight excluding hydrogens is 340 g/mol. The van der Waals surface area contributed by atoms with E-state index >= 15 is 0 Å². The van der Waals surface area contributed by atoms with Crippen molar-refractivity contribution >= 4 is 27.2 Å². The normalized spacial score (nSPS) is 26.4. The first-order valence-corrected chi connectivity index (χ1v) is 10.4. The van der Waals surface area contributed by atoms with Crippen LogP contribution in [0, 0.1) is 0 Å². The Hall–Kier alpha value is -1.80. The number of benzene rings is 1. The van der Waals surface area contributed by atoms with Gasteiger partial charge in [0, 0.05) is 26.2 Å². The van der Waals surface area contributed by atoms with E-state index in [-0.39, 0.29) is 17.5 Å². The average Bonchev–Trinajstić information content (AvgIpc) is 2.81. The number of anilines is 2. The topological polar surface area (TPSA) is 81.8 Å². The minimum Gasteiger partial charge on any atom is -0.367 e. The fourth-order valence-corrected chi connectivity index (χ4v) is 5.53. The van der Waals surface area contributed by atoms with Crippen LogP contribution < -0.4 is 15.5 Å². The summed E-state index contributed by atoms with van der Waals surface area (Å²) in [6, 6.07) is 7.36. The number of sulfone groups is 1. The summed E-state index contributed by atoms with van der Waals surface area (Å²) in [6.07, 6.45) is 0.447. The second-order valence-electron chi connectivity index (χ2n) is 7.29. The lowest BCUT2D eigenvalue weighted by atomic mass is 10.0. The molecule has 0 spiro atoms. The summed E-state index contributed by atoms with van der Waals surface area (Å²) in [4.78, 5) is 17.0. The first-order valence-electron chi connectivity index (χ1n) is 8.58. The zero-order chi connectivity index (χ0) is 18.1. The van der Waals surface area contributed by atoms with Crippen LogP contribution in [0.15, 0.2) is 24.3 Å². The van der Waals surface area contributed by atoms with Crippen LogP contribution in [0.4, 0.5) is 16.2 Å². The van der Waals surface area contributed by atoms with Crippen LogP contribution in [-0.4, -0.2) is 69.6 Å². The summed E-state index contributed by atoms with van der Waals surface area (Å²) in [6.45, 7) is 5.57. The standard InChI is InChI=1S/C17H26N4O3S/c1-17(7-12-25(23,24)13-17)19-16(22)18-14-5-3-4-6-15(14)21-10-8-20(2)9-11-21/h3-6H,7-13H2,1-2H3,(H2,18,19,22)/t17-/m0/s1. The average molecular weight is 366 g/mol. The Morgan fingerprint density at radius 2 is 1.84 bits per heavy atom. The highest BCUT2D eigenvalue weighted by atomic mass is 32.2. The van der Waals surface area contributed by atoms with Gasteiger partial charge in [-0.15, -0.1) is 0 Å². The Balaban J connectivity index is 1.68. The number of urea groups is 1. The van der Waals surface area contributed by atoms with Crippen molar-refractivity contribution in [2.75, 3.05) is 54.9 Å². The molecule has 2 heterocycles. The van der Waals surface area contributed by atoms with E-state index < -0.39 is 15.4 Å². The van der Waals surface area contributed by atoms with E-state index in [1.807, 2.05) is 24.3 Å². The van der Waals surface area contributed by atoms with Crippen molar-refractivity contribution < 1.29 is 13.2 Å². The first kappa shape index (κ1) is 18.0. The molecule has 0 bridgehead atoms. The lowest BCUT2D eigenvalue weighted by Crippen LogP contribution is -2.49. The summed E-state index contributed by atoms with van der Waals surface area (Å²) in [7, 11) is -0.956. The minimum absolute atomic E-state index is 0.00642. The van der Waals surface area contributed by atoms with E-state index in [0.29, 0.717) is 6.42 Å². The van der Waals surface area contributed by atoms with Gasteiger partial charge in [-0.05, 0) is 32.5 Å². The monoisotopic (exact) mass is 366 g/mol. The van der Waals surface area contributed by atoms with Gasteiger partial charge in [0.15, 0.2) is 9.84 Å². The lowest BCUT2D eigenvalue weighted by Gasteiger charge is -2.35. The predicted molar refractivity (Wildman–Crippen MR) is 100.0 cm³/mol. The van der Waals surface area contributed by atoms with E-state index in [9.17, 15) is 13.2 Å². The summed E-state index contributed by atoms with van der Waals surface area (Å²) in [5, 5.41) is 5.74. The number of hydrogen-bond donors (Lipinski definition) is 2. The zero-order valence-electron chi connectivity index (χ0n) is 14.8. The molecule has 138 valence electrons. The second kappa shape index (κ2) is 6.84. The quantitative estimate of drug-likeness (QED) is 0.838. The van der Waals surface area contributed by atoms with Gasteiger partial charge in [0.1, 0.15) is 0 Å². The van der Waals surface area contributed by atoms with Gasteiger partial charge in [-0.1, -0.05) is 12.1 Å². The highest BCUT2D eigenvalue weighted by molar-refractivity contribution is 7.91. The van der Waals surface area contributed by atoms with Crippen LogP contribution in [0.2, 0.25) is 0 Å². The molecule has 3 rings (SSSR count). The number of rotatable bonds is 3. The second-order valence-corrected chi connectivity index (χ2v) is 9.47. The van der Waals surface area contributed by atoms with E-state index in [1.165, 1.54) is 0 Å². The third kappa shape index (κ3) is 4.43. The van der Waals surface area contributed by atoms with Crippen molar-refractivity contribution in [3.63, 3.8) is 0 Å². The molecule has 0 aromatic heterocycles. The molecule has 0 aliphatic carbocycles. The number of piperazine rings is 1. The number of hydrogen-bond acceptors (Lipinski definition) is 5. The van der Waals surface area contributed by atoms with Crippen molar-refractivity contribution in [1.29, 1.82) is 0 Å². The number of para-hydroxylation sites is 2. The molecule has 2 aliphatic rings. The van der Waals surface area contributed by atoms with Crippen molar-refractivity contribution in [2.45, 2.75) is 18.9 Å². The number of nitrogens with one attached hydrogen (secondary N) is 2. The highest BCUT2D eigenvalue weighted by Crippen LogP contribution is 2.27. The van der Waals surface area contributed by atoms with Crippen LogP contribution in [0.5, 0.6) is 0 Å². The van der Waals surface area contributed by atoms with Gasteiger partial charge in [-0.3, -0.25) is 0 Å². The molecule has 0 radical (unpaired) electrons. The number of carbonyl (C=O) groups is 1. The number of amides is 2. The number of likely N-dealkylation sites (N-methyl/N-ethyl adjacent to an activating group) is 1. The molecular formula is C17H26N4O3S. The molecule has 2 saturated heterocycles. The number of carbonyl (C=O) groups excluding carboxylic acids is 1. The lowest BCUT2D eigenvalue weighted by molar-refractivity contribution is 0.242. The van der Waals surface area contributed by atoms with Gasteiger partial charge in [0.25, 0.3) is 0 Å². The fourth-order valence-electron chi connectivity index (χ4n) is 3.44. The molecule has 1 atom stereocenters. The Bertz CT molecular complexity index is 744. The Morgan fingerprint density at radius 3 is 2.48 bits per heavy atom. The van der Waals surface area contributed by atoms with Crippen LogP contribution in [0.25, 0.3) is 0 Å². The summed E-state index contributed by atoms with van der Waals surface area (Å²) >= 11 is 0. The van der Waals surface area contributed by atoms with Crippen LogP contribution >= 0.6 is 0 Å². The molecule has 1 aromatic rings. The van der Waals surface area contributed by atoms with Crippen LogP contribution in [-0.2, 0) is 9.84 Å². The number of nitrogens with zero attached hydrogens (tertiary/aromatic N) is 2. The third-order valence-electron chi connectivity index (χ3n) is 4.91. The van der Waals surface area contributed by atoms with Crippen molar-refractivity contribution in [1.82, 2.24) is 10.2 Å². The third-order valence-corrected chi connectivity index (χ3v) is 6.82. The van der Waals surface area contributed by atoms with Crippen molar-refractivity contribution in [2.24, 2.45) is 0 Å². The van der Waals surface area contributed by atoms with Crippen molar-refractivity contribution in [3.05, 3.63) is 24.3 Å². The zero-order valence-corrected chi connectivity index (χ0v) is 15.6. The van der Waals surface area contributed by atoms with E-state index in [2.05, 4.69) is 27.5 Å². The summed E-state index contributed by atoms with van der Waals surface area (Å²) < 4.78 is 23.4.